The summed E-state index contributed by atoms with van der Waals surface area (Å²) in [5, 5.41) is 10.5. The Morgan fingerprint density at radius 3 is 2.64 bits per heavy atom. The van der Waals surface area contributed by atoms with Crippen molar-refractivity contribution in [1.82, 2.24) is 4.98 Å². The topological polar surface area (TPSA) is 56.0 Å². The molecule has 0 atom stereocenters. The molecule has 0 radical (unpaired) electrons. The second-order valence-corrected chi connectivity index (χ2v) is 3.29. The second-order valence-electron chi connectivity index (χ2n) is 2.54. The van der Waals surface area contributed by atoms with Crippen molar-refractivity contribution < 1.29 is 13.7 Å². The van der Waals surface area contributed by atoms with Crippen molar-refractivity contribution in [3.63, 3.8) is 0 Å². The van der Waals surface area contributed by atoms with Crippen LogP contribution in [0.1, 0.15) is 17.7 Å². The molecule has 1 aromatic rings. The van der Waals surface area contributed by atoms with Crippen LogP contribution in [0.15, 0.2) is 10.7 Å². The van der Waals surface area contributed by atoms with Crippen LogP contribution in [0.2, 0.25) is 0 Å². The van der Waals surface area contributed by atoms with Crippen LogP contribution in [0.5, 0.6) is 0 Å². The number of hydrogen-bond donors (Lipinski definition) is 0. The Bertz CT molecular complexity index is 384. The van der Waals surface area contributed by atoms with Gasteiger partial charge < -0.3 is 0 Å². The molecule has 1 heterocycles. The van der Waals surface area contributed by atoms with Crippen LogP contribution in [0.25, 0.3) is 0 Å². The van der Waals surface area contributed by atoms with E-state index in [1.807, 2.05) is 0 Å². The Morgan fingerprint density at radius 2 is 2.21 bits per heavy atom. The van der Waals surface area contributed by atoms with Crippen molar-refractivity contribution in [2.24, 2.45) is 0 Å². The van der Waals surface area contributed by atoms with Crippen LogP contribution >= 0.6 is 15.9 Å². The highest BCUT2D eigenvalue weighted by Crippen LogP contribution is 2.28. The second kappa shape index (κ2) is 3.95. The van der Waals surface area contributed by atoms with Gasteiger partial charge in [-0.15, -0.1) is 0 Å². The smallest absolute Gasteiger partial charge is 0.258 e. The monoisotopic (exact) mass is 266 g/mol. The van der Waals surface area contributed by atoms with Gasteiger partial charge in [0.15, 0.2) is 0 Å². The first-order chi connectivity index (χ1) is 6.43. The van der Waals surface area contributed by atoms with Crippen LogP contribution in [0, 0.1) is 17.0 Å². The summed E-state index contributed by atoms with van der Waals surface area (Å²) in [5.74, 6) is 0. The highest BCUT2D eigenvalue weighted by atomic mass is 79.9. The van der Waals surface area contributed by atoms with Gasteiger partial charge in [-0.2, -0.15) is 0 Å². The van der Waals surface area contributed by atoms with Crippen molar-refractivity contribution in [2.45, 2.75) is 13.3 Å². The summed E-state index contributed by atoms with van der Waals surface area (Å²) < 4.78 is 24.5. The van der Waals surface area contributed by atoms with Crippen molar-refractivity contribution in [2.75, 3.05) is 0 Å². The van der Waals surface area contributed by atoms with Crippen LogP contribution < -0.4 is 0 Å². The molecule has 0 spiro atoms. The molecule has 1 aromatic heterocycles. The molecule has 0 aliphatic carbocycles. The molecule has 0 amide bonds. The van der Waals surface area contributed by atoms with Crippen LogP contribution in [0.3, 0.4) is 0 Å². The first-order valence-electron chi connectivity index (χ1n) is 3.53. The van der Waals surface area contributed by atoms with E-state index in [4.69, 9.17) is 0 Å². The number of pyridine rings is 1. The average molecular weight is 267 g/mol. The molecule has 0 aliphatic rings. The predicted octanol–water partition coefficient (Wildman–Crippen LogP) is 3.00. The number of nitrogens with zero attached hydrogens (tertiary/aromatic N) is 2. The summed E-state index contributed by atoms with van der Waals surface area (Å²) in [6.07, 6.45) is -2.81. The summed E-state index contributed by atoms with van der Waals surface area (Å²) in [6, 6.07) is 0.782. The van der Waals surface area contributed by atoms with E-state index in [2.05, 4.69) is 20.9 Å². The molecule has 0 unspecified atom stereocenters. The minimum absolute atomic E-state index is 0.0713. The van der Waals surface area contributed by atoms with Crippen molar-refractivity contribution in [3.05, 3.63) is 32.0 Å². The lowest BCUT2D eigenvalue weighted by molar-refractivity contribution is -0.385. The minimum atomic E-state index is -2.81. The third kappa shape index (κ3) is 2.03. The Hall–Kier alpha value is -1.11. The van der Waals surface area contributed by atoms with Gasteiger partial charge in [-0.3, -0.25) is 10.1 Å². The SMILES string of the molecule is Cc1c([N+](=O)[O-])cc(C(F)F)nc1Br. The van der Waals surface area contributed by atoms with E-state index < -0.39 is 17.0 Å². The van der Waals surface area contributed by atoms with Gasteiger partial charge in [0.2, 0.25) is 0 Å². The zero-order chi connectivity index (χ0) is 10.9. The fraction of sp³-hybridized carbons (Fsp3) is 0.286. The average Bonchev–Trinajstić information content (AvgIpc) is 2.08. The van der Waals surface area contributed by atoms with Gasteiger partial charge in [0.1, 0.15) is 10.3 Å². The molecule has 0 aromatic carbocycles. The van der Waals surface area contributed by atoms with E-state index in [-0.39, 0.29) is 15.9 Å². The van der Waals surface area contributed by atoms with Gasteiger partial charge in [-0.25, -0.2) is 13.8 Å². The molecule has 0 N–H and O–H groups in total. The first kappa shape index (κ1) is 11.0. The van der Waals surface area contributed by atoms with Crippen molar-refractivity contribution in [1.29, 1.82) is 0 Å². The summed E-state index contributed by atoms with van der Waals surface area (Å²) in [6.45, 7) is 1.43. The molecule has 76 valence electrons. The fourth-order valence-electron chi connectivity index (χ4n) is 0.885. The maximum absolute atomic E-state index is 12.2. The fourth-order valence-corrected chi connectivity index (χ4v) is 1.29. The highest BCUT2D eigenvalue weighted by molar-refractivity contribution is 9.10. The summed E-state index contributed by atoms with van der Waals surface area (Å²) in [5.41, 5.74) is -0.726. The molecule has 7 heteroatoms. The van der Waals surface area contributed by atoms with Crippen LogP contribution in [-0.4, -0.2) is 9.91 Å². The molecular formula is C7H5BrF2N2O2. The summed E-state index contributed by atoms with van der Waals surface area (Å²) in [4.78, 5) is 13.2. The Kier molecular flexibility index (Phi) is 3.10. The maximum Gasteiger partial charge on any atom is 0.280 e. The third-order valence-electron chi connectivity index (χ3n) is 1.63. The molecular weight excluding hydrogens is 262 g/mol. The lowest BCUT2D eigenvalue weighted by Crippen LogP contribution is -1.99. The van der Waals surface area contributed by atoms with Gasteiger partial charge in [-0.1, -0.05) is 0 Å². The largest absolute Gasteiger partial charge is 0.280 e. The normalized spacial score (nSPS) is 10.6. The van der Waals surface area contributed by atoms with Crippen molar-refractivity contribution >= 4 is 21.6 Å². The molecule has 0 bridgehead atoms. The van der Waals surface area contributed by atoms with Gasteiger partial charge in [-0.05, 0) is 22.9 Å². The van der Waals surface area contributed by atoms with Gasteiger partial charge in [0.05, 0.1) is 10.5 Å². The van der Waals surface area contributed by atoms with Gasteiger partial charge >= 0.3 is 0 Å². The summed E-state index contributed by atoms with van der Waals surface area (Å²) in [7, 11) is 0. The quantitative estimate of drug-likeness (QED) is 0.470. The molecule has 0 saturated carbocycles. The van der Waals surface area contributed by atoms with Crippen molar-refractivity contribution in [3.8, 4) is 0 Å². The van der Waals surface area contributed by atoms with Gasteiger partial charge in [0.25, 0.3) is 12.1 Å². The molecule has 0 saturated heterocycles. The Morgan fingerprint density at radius 1 is 1.64 bits per heavy atom. The zero-order valence-corrected chi connectivity index (χ0v) is 8.59. The molecule has 0 fully saturated rings. The molecule has 4 nitrogen and oxygen atoms in total. The minimum Gasteiger partial charge on any atom is -0.258 e. The number of aromatic nitrogens is 1. The lowest BCUT2D eigenvalue weighted by Gasteiger charge is -2.03. The zero-order valence-electron chi connectivity index (χ0n) is 7.00. The lowest BCUT2D eigenvalue weighted by atomic mass is 10.2. The van der Waals surface area contributed by atoms with Crippen LogP contribution in [0.4, 0.5) is 14.5 Å². The standard InChI is InChI=1S/C7H5BrF2N2O2/c1-3-5(12(13)14)2-4(7(9)10)11-6(3)8/h2,7H,1H3. The third-order valence-corrected chi connectivity index (χ3v) is 2.40. The molecule has 14 heavy (non-hydrogen) atoms. The van der Waals surface area contributed by atoms with Crippen LogP contribution in [-0.2, 0) is 0 Å². The molecule has 1 rings (SSSR count). The maximum atomic E-state index is 12.2. The number of alkyl halides is 2. The van der Waals surface area contributed by atoms with E-state index in [9.17, 15) is 18.9 Å². The van der Waals surface area contributed by atoms with E-state index in [1.54, 1.807) is 0 Å². The Labute approximate surface area is 86.2 Å². The highest BCUT2D eigenvalue weighted by Gasteiger charge is 2.20. The van der Waals surface area contributed by atoms with Gasteiger partial charge in [0, 0.05) is 6.07 Å². The number of halogens is 3. The van der Waals surface area contributed by atoms with E-state index in [1.165, 1.54) is 6.92 Å². The Balaban J connectivity index is 3.35. The van der Waals surface area contributed by atoms with E-state index in [0.717, 1.165) is 6.07 Å². The number of hydrogen-bond acceptors (Lipinski definition) is 3. The number of rotatable bonds is 2. The molecule has 0 aliphatic heterocycles. The predicted molar refractivity (Wildman–Crippen MR) is 48.3 cm³/mol. The first-order valence-corrected chi connectivity index (χ1v) is 4.32. The summed E-state index contributed by atoms with van der Waals surface area (Å²) >= 11 is 2.88. The van der Waals surface area contributed by atoms with E-state index >= 15 is 0 Å². The number of nitro groups is 1. The van der Waals surface area contributed by atoms with E-state index in [0.29, 0.717) is 0 Å².